The summed E-state index contributed by atoms with van der Waals surface area (Å²) < 4.78 is 70.8. The first-order chi connectivity index (χ1) is 23.9. The third-order valence-corrected chi connectivity index (χ3v) is 9.43. The molecule has 5 rings (SSSR count). The lowest BCUT2D eigenvalue weighted by Crippen LogP contribution is -2.65. The van der Waals surface area contributed by atoms with Crippen molar-refractivity contribution in [2.24, 2.45) is 0 Å². The Kier molecular flexibility index (Phi) is 11.7. The number of hydrogen-bond acceptors (Lipinski definition) is 9. The van der Waals surface area contributed by atoms with Crippen molar-refractivity contribution in [1.82, 2.24) is 19.7 Å². The van der Waals surface area contributed by atoms with Crippen molar-refractivity contribution < 1.29 is 41.4 Å². The molecule has 1 aromatic heterocycles. The zero-order valence-corrected chi connectivity index (χ0v) is 30.4. The summed E-state index contributed by atoms with van der Waals surface area (Å²) in [6.07, 6.45) is -4.76. The van der Waals surface area contributed by atoms with Gasteiger partial charge in [0.2, 0.25) is 11.8 Å². The summed E-state index contributed by atoms with van der Waals surface area (Å²) in [5.74, 6) is -0.653. The molecular formula is C36H50F4N6O5. The Morgan fingerprint density at radius 2 is 1.63 bits per heavy atom. The van der Waals surface area contributed by atoms with E-state index in [-0.39, 0.29) is 61.3 Å². The van der Waals surface area contributed by atoms with Crippen molar-refractivity contribution in [1.29, 1.82) is 0 Å². The smallest absolute Gasteiger partial charge is 0.410 e. The maximum Gasteiger partial charge on any atom is 0.410 e. The molecule has 0 spiro atoms. The highest BCUT2D eigenvalue weighted by Crippen LogP contribution is 2.37. The second-order valence-corrected chi connectivity index (χ2v) is 15.0. The summed E-state index contributed by atoms with van der Waals surface area (Å²) in [7, 11) is 0. The van der Waals surface area contributed by atoms with Crippen molar-refractivity contribution in [3.63, 3.8) is 0 Å². The summed E-state index contributed by atoms with van der Waals surface area (Å²) >= 11 is 0. The van der Waals surface area contributed by atoms with Crippen LogP contribution in [0.4, 0.5) is 33.9 Å². The molecule has 4 heterocycles. The van der Waals surface area contributed by atoms with Gasteiger partial charge in [0, 0.05) is 55.8 Å². The minimum absolute atomic E-state index is 0.0232. The van der Waals surface area contributed by atoms with Gasteiger partial charge in [-0.1, -0.05) is 12.1 Å². The number of aromatic nitrogens is 1. The van der Waals surface area contributed by atoms with E-state index in [9.17, 15) is 27.2 Å². The molecule has 51 heavy (non-hydrogen) atoms. The number of nitrogens with zero attached hydrogens (tertiary/aromatic N) is 5. The molecule has 0 saturated carbocycles. The Hall–Kier alpha value is -3.69. The fourth-order valence-electron chi connectivity index (χ4n) is 6.93. The van der Waals surface area contributed by atoms with E-state index >= 15 is 0 Å². The average molecular weight is 723 g/mol. The number of hydrogen-bond donors (Lipinski definition) is 1. The van der Waals surface area contributed by atoms with Gasteiger partial charge in [-0.15, -0.1) is 0 Å². The number of piperazine rings is 1. The van der Waals surface area contributed by atoms with Crippen molar-refractivity contribution >= 4 is 23.5 Å². The molecule has 3 aliphatic rings. The lowest BCUT2D eigenvalue weighted by atomic mass is 10.0. The highest BCUT2D eigenvalue weighted by molar-refractivity contribution is 5.97. The molecule has 282 valence electrons. The van der Waals surface area contributed by atoms with Gasteiger partial charge in [0.25, 0.3) is 0 Å². The number of halogens is 4. The van der Waals surface area contributed by atoms with E-state index in [0.717, 1.165) is 0 Å². The Bertz CT molecular complexity index is 1530. The van der Waals surface area contributed by atoms with Gasteiger partial charge in [0.05, 0.1) is 25.8 Å². The van der Waals surface area contributed by atoms with Crippen LogP contribution in [-0.4, -0.2) is 126 Å². The molecule has 0 bridgehead atoms. The fraction of sp³-hybridized carbons (Fsp3) is 0.639. The summed E-state index contributed by atoms with van der Waals surface area (Å²) in [5.41, 5.74) is 0.730. The second kappa shape index (κ2) is 15.5. The average Bonchev–Trinajstić information content (AvgIpc) is 3.02. The highest BCUT2D eigenvalue weighted by atomic mass is 19.4. The SMILES string of the molecule is C[C@@H]1CN(CC(=O)N2c3cc(Cc4ccc(F)cc4)c(NCC(F)(F)F)nc3OC[C@@H]2C)[C@@H](CN2[C@H](C)COC[C@H]2C)CN1C(=O)OC(C)(C)C. The van der Waals surface area contributed by atoms with Crippen LogP contribution in [-0.2, 0) is 20.7 Å². The standard InChI is InChI=1S/C36H50F4N6O5/c1-22-14-43(29(15-44-23(2)18-49-19-24(44)3)16-45(22)34(48)51-35(5,6)7)17-31(47)46-25(4)20-50-33-30(46)13-27(12-26-8-10-28(37)11-9-26)32(42-33)41-21-36(38,39)40/h8-11,13,22-25,29H,12,14-21H2,1-7H3,(H,41,42)/t22-,23-,24-,25+,29+/m1/s1. The number of carbonyl (C=O) groups is 2. The Labute approximate surface area is 297 Å². The van der Waals surface area contributed by atoms with Crippen LogP contribution in [0.2, 0.25) is 0 Å². The molecule has 0 unspecified atom stereocenters. The number of alkyl halides is 3. The monoisotopic (exact) mass is 722 g/mol. The maximum absolute atomic E-state index is 14.4. The molecule has 0 aliphatic carbocycles. The van der Waals surface area contributed by atoms with Crippen LogP contribution in [0.25, 0.3) is 0 Å². The number of fused-ring (bicyclic) bond motifs is 1. The number of rotatable bonds is 8. The first-order valence-corrected chi connectivity index (χ1v) is 17.5. The largest absolute Gasteiger partial charge is 0.474 e. The van der Waals surface area contributed by atoms with Gasteiger partial charge in [-0.05, 0) is 72.2 Å². The third kappa shape index (κ3) is 9.80. The van der Waals surface area contributed by atoms with Crippen molar-refractivity contribution in [2.75, 3.05) is 62.8 Å². The van der Waals surface area contributed by atoms with Gasteiger partial charge in [-0.3, -0.25) is 14.6 Å². The Morgan fingerprint density at radius 1 is 0.961 bits per heavy atom. The minimum atomic E-state index is -4.50. The van der Waals surface area contributed by atoms with Crippen molar-refractivity contribution in [3.05, 3.63) is 47.3 Å². The van der Waals surface area contributed by atoms with Gasteiger partial charge in [-0.2, -0.15) is 18.2 Å². The lowest BCUT2D eigenvalue weighted by Gasteiger charge is -2.49. The van der Waals surface area contributed by atoms with E-state index in [1.807, 2.05) is 34.6 Å². The topological polar surface area (TPSA) is 99.7 Å². The maximum atomic E-state index is 14.4. The minimum Gasteiger partial charge on any atom is -0.474 e. The molecule has 2 aromatic rings. The number of pyridine rings is 1. The van der Waals surface area contributed by atoms with E-state index in [4.69, 9.17) is 14.2 Å². The summed E-state index contributed by atoms with van der Waals surface area (Å²) in [6.45, 7) is 14.8. The highest BCUT2D eigenvalue weighted by Gasteiger charge is 2.41. The van der Waals surface area contributed by atoms with Crippen molar-refractivity contribution in [3.8, 4) is 5.88 Å². The Morgan fingerprint density at radius 3 is 2.25 bits per heavy atom. The normalized spacial score (nSPS) is 24.9. The summed E-state index contributed by atoms with van der Waals surface area (Å²) in [4.78, 5) is 40.0. The summed E-state index contributed by atoms with van der Waals surface area (Å²) in [6, 6.07) is 6.72. The number of nitrogens with one attached hydrogen (secondary N) is 1. The Balaban J connectivity index is 1.44. The van der Waals surface area contributed by atoms with Crippen LogP contribution in [0, 0.1) is 5.82 Å². The number of anilines is 2. The van der Waals surface area contributed by atoms with Crippen LogP contribution in [0.5, 0.6) is 5.88 Å². The van der Waals surface area contributed by atoms with E-state index in [1.54, 1.807) is 28.0 Å². The molecular weight excluding hydrogens is 672 g/mol. The van der Waals surface area contributed by atoms with Crippen LogP contribution < -0.4 is 15.0 Å². The molecule has 2 saturated heterocycles. The van der Waals surface area contributed by atoms with E-state index < -0.39 is 36.3 Å². The molecule has 11 nitrogen and oxygen atoms in total. The number of amides is 2. The van der Waals surface area contributed by atoms with E-state index in [2.05, 4.69) is 33.9 Å². The molecule has 1 N–H and O–H groups in total. The summed E-state index contributed by atoms with van der Waals surface area (Å²) in [5, 5.41) is 2.38. The fourth-order valence-corrected chi connectivity index (χ4v) is 6.93. The quantitative estimate of drug-likeness (QED) is 0.364. The molecule has 3 aliphatic heterocycles. The van der Waals surface area contributed by atoms with Gasteiger partial charge in [0.1, 0.15) is 36.1 Å². The third-order valence-electron chi connectivity index (χ3n) is 9.43. The lowest BCUT2D eigenvalue weighted by molar-refractivity contribution is -0.123. The van der Waals surface area contributed by atoms with Gasteiger partial charge >= 0.3 is 12.3 Å². The zero-order valence-electron chi connectivity index (χ0n) is 30.4. The predicted octanol–water partition coefficient (Wildman–Crippen LogP) is 5.32. The first kappa shape index (κ1) is 38.5. The van der Waals surface area contributed by atoms with Crippen LogP contribution in [0.1, 0.15) is 59.6 Å². The number of morpholine rings is 1. The first-order valence-electron chi connectivity index (χ1n) is 17.5. The molecule has 2 amide bonds. The predicted molar refractivity (Wildman–Crippen MR) is 185 cm³/mol. The van der Waals surface area contributed by atoms with Crippen LogP contribution >= 0.6 is 0 Å². The molecule has 1 aromatic carbocycles. The van der Waals surface area contributed by atoms with E-state index in [0.29, 0.717) is 49.7 Å². The second-order valence-electron chi connectivity index (χ2n) is 15.0. The number of benzene rings is 1. The zero-order chi connectivity index (χ0) is 37.2. The molecule has 5 atom stereocenters. The molecule has 0 radical (unpaired) electrons. The van der Waals surface area contributed by atoms with Crippen LogP contribution in [0.15, 0.2) is 30.3 Å². The van der Waals surface area contributed by atoms with Gasteiger partial charge in [-0.25, -0.2) is 9.18 Å². The number of carbonyl (C=O) groups excluding carboxylic acids is 2. The molecule has 2 fully saturated rings. The molecule has 15 heteroatoms. The van der Waals surface area contributed by atoms with E-state index in [1.165, 1.54) is 12.1 Å². The van der Waals surface area contributed by atoms with Gasteiger partial charge < -0.3 is 29.3 Å². The van der Waals surface area contributed by atoms with Crippen LogP contribution in [0.3, 0.4) is 0 Å². The van der Waals surface area contributed by atoms with Gasteiger partial charge in [0.15, 0.2) is 0 Å². The number of ether oxygens (including phenoxy) is 3. The van der Waals surface area contributed by atoms with Crippen molar-refractivity contribution in [2.45, 2.75) is 96.9 Å².